The van der Waals surface area contributed by atoms with Crippen molar-refractivity contribution in [3.05, 3.63) is 5.01 Å². The predicted molar refractivity (Wildman–Crippen MR) is 49.2 cm³/mol. The lowest BCUT2D eigenvalue weighted by atomic mass is 10.4. The van der Waals surface area contributed by atoms with Crippen LogP contribution >= 0.6 is 11.3 Å². The molecule has 1 aliphatic heterocycles. The van der Waals surface area contributed by atoms with Crippen molar-refractivity contribution in [3.63, 3.8) is 0 Å². The Balaban J connectivity index is 2.15. The molecular weight excluding hydrogens is 176 g/mol. The summed E-state index contributed by atoms with van der Waals surface area (Å²) in [5.74, 6) is 2.71. The molecule has 2 rings (SSSR count). The number of nitrogens with zero attached hydrogens (tertiary/aromatic N) is 2. The summed E-state index contributed by atoms with van der Waals surface area (Å²) in [7, 11) is 0.475. The van der Waals surface area contributed by atoms with E-state index in [9.17, 15) is 0 Å². The van der Waals surface area contributed by atoms with E-state index in [1.165, 1.54) is 28.7 Å². The number of hydrogen-bond donors (Lipinski definition) is 0. The van der Waals surface area contributed by atoms with Gasteiger partial charge in [0.2, 0.25) is 0 Å². The zero-order valence-electron chi connectivity index (χ0n) is 6.54. The maximum atomic E-state index is 4.18. The molecule has 0 N–H and O–H groups in total. The monoisotopic (exact) mass is 187 g/mol. The Morgan fingerprint density at radius 2 is 2.00 bits per heavy atom. The van der Waals surface area contributed by atoms with Crippen LogP contribution in [-0.4, -0.2) is 21.7 Å². The van der Waals surface area contributed by atoms with Crippen LogP contribution in [0.1, 0.15) is 17.8 Å². The Hall–Kier alpha value is -0.0900. The Morgan fingerprint density at radius 3 is 2.55 bits per heavy atom. The minimum absolute atomic E-state index is 0.475. The molecule has 1 aromatic rings. The molecule has 2 nitrogen and oxygen atoms in total. The molecule has 0 bridgehead atoms. The van der Waals surface area contributed by atoms with Gasteiger partial charge in [0.15, 0.2) is 0 Å². The first-order chi connectivity index (χ1) is 5.36. The highest BCUT2D eigenvalue weighted by Crippen LogP contribution is 2.24. The Morgan fingerprint density at radius 1 is 1.27 bits per heavy atom. The maximum absolute atomic E-state index is 4.18. The lowest BCUT2D eigenvalue weighted by Crippen LogP contribution is -2.02. The van der Waals surface area contributed by atoms with Crippen LogP contribution in [0.4, 0.5) is 0 Å². The van der Waals surface area contributed by atoms with Crippen LogP contribution < -0.4 is 0 Å². The highest BCUT2D eigenvalue weighted by molar-refractivity contribution is 7.98. The standard InChI is InChI=1S/C7H11N2S2/c1-6-8-9-7(10-6)11-4-2-3-5-11/h2-5H2,1H3/q+1. The van der Waals surface area contributed by atoms with Crippen molar-refractivity contribution in [2.75, 3.05) is 11.5 Å². The minimum Gasteiger partial charge on any atom is -0.139 e. The van der Waals surface area contributed by atoms with Crippen LogP contribution in [0.25, 0.3) is 0 Å². The number of rotatable bonds is 1. The van der Waals surface area contributed by atoms with E-state index in [1.807, 2.05) is 6.92 Å². The van der Waals surface area contributed by atoms with Crippen LogP contribution in [0.5, 0.6) is 0 Å². The summed E-state index contributed by atoms with van der Waals surface area (Å²) in [4.78, 5) is 0. The van der Waals surface area contributed by atoms with Crippen LogP contribution in [-0.2, 0) is 10.9 Å². The molecule has 11 heavy (non-hydrogen) atoms. The van der Waals surface area contributed by atoms with Gasteiger partial charge in [0, 0.05) is 0 Å². The topological polar surface area (TPSA) is 25.8 Å². The van der Waals surface area contributed by atoms with E-state index in [1.54, 1.807) is 11.3 Å². The Bertz CT molecular complexity index is 240. The van der Waals surface area contributed by atoms with Crippen LogP contribution in [0, 0.1) is 6.92 Å². The minimum atomic E-state index is 0.475. The van der Waals surface area contributed by atoms with Gasteiger partial charge < -0.3 is 0 Å². The van der Waals surface area contributed by atoms with E-state index >= 15 is 0 Å². The zero-order chi connectivity index (χ0) is 7.68. The molecule has 0 aromatic carbocycles. The normalized spacial score (nSPS) is 19.4. The lowest BCUT2D eigenvalue weighted by Gasteiger charge is -1.89. The molecule has 0 amide bonds. The molecule has 1 saturated heterocycles. The summed E-state index contributed by atoms with van der Waals surface area (Å²) < 4.78 is 1.29. The second kappa shape index (κ2) is 3.11. The van der Waals surface area contributed by atoms with Crippen molar-refractivity contribution in [2.45, 2.75) is 24.1 Å². The van der Waals surface area contributed by atoms with Gasteiger partial charge in [-0.05, 0) is 31.1 Å². The van der Waals surface area contributed by atoms with E-state index in [2.05, 4.69) is 10.2 Å². The van der Waals surface area contributed by atoms with Crippen molar-refractivity contribution in [2.24, 2.45) is 0 Å². The van der Waals surface area contributed by atoms with Gasteiger partial charge in [0.25, 0.3) is 0 Å². The van der Waals surface area contributed by atoms with Crippen molar-refractivity contribution in [1.82, 2.24) is 10.2 Å². The molecule has 0 saturated carbocycles. The molecule has 60 valence electrons. The largest absolute Gasteiger partial charge is 0.323 e. The summed E-state index contributed by atoms with van der Waals surface area (Å²) in [5.41, 5.74) is 0. The fourth-order valence-electron chi connectivity index (χ4n) is 1.22. The maximum Gasteiger partial charge on any atom is 0.323 e. The van der Waals surface area contributed by atoms with E-state index in [-0.39, 0.29) is 0 Å². The second-order valence-electron chi connectivity index (χ2n) is 2.70. The molecule has 1 aromatic heterocycles. The van der Waals surface area contributed by atoms with Crippen LogP contribution in [0.3, 0.4) is 0 Å². The quantitative estimate of drug-likeness (QED) is 0.624. The lowest BCUT2D eigenvalue weighted by molar-refractivity contribution is 0.949. The fourth-order valence-corrected chi connectivity index (χ4v) is 4.79. The molecule has 0 aliphatic carbocycles. The highest BCUT2D eigenvalue weighted by atomic mass is 32.2. The number of hydrogen-bond acceptors (Lipinski definition) is 3. The molecule has 0 spiro atoms. The third kappa shape index (κ3) is 1.56. The Labute approximate surface area is 73.4 Å². The Kier molecular flexibility index (Phi) is 2.13. The van der Waals surface area contributed by atoms with Crippen molar-refractivity contribution in [3.8, 4) is 0 Å². The summed E-state index contributed by atoms with van der Waals surface area (Å²) in [6, 6.07) is 0. The van der Waals surface area contributed by atoms with Crippen molar-refractivity contribution < 1.29 is 0 Å². The molecule has 0 atom stereocenters. The molecular formula is C7H11N2S2+. The van der Waals surface area contributed by atoms with Crippen LogP contribution in [0.2, 0.25) is 0 Å². The van der Waals surface area contributed by atoms with E-state index in [0.717, 1.165) is 5.01 Å². The van der Waals surface area contributed by atoms with Crippen LogP contribution in [0.15, 0.2) is 4.34 Å². The predicted octanol–water partition coefficient (Wildman–Crippen LogP) is 1.62. The molecule has 0 radical (unpaired) electrons. The second-order valence-corrected chi connectivity index (χ2v) is 6.32. The average Bonchev–Trinajstić information content (AvgIpc) is 2.55. The van der Waals surface area contributed by atoms with E-state index < -0.39 is 0 Å². The fraction of sp³-hybridized carbons (Fsp3) is 0.714. The summed E-state index contributed by atoms with van der Waals surface area (Å²) in [6.07, 6.45) is 2.78. The molecule has 1 aliphatic rings. The van der Waals surface area contributed by atoms with Gasteiger partial charge in [-0.25, -0.2) is 0 Å². The van der Waals surface area contributed by atoms with E-state index in [4.69, 9.17) is 0 Å². The van der Waals surface area contributed by atoms with E-state index in [0.29, 0.717) is 10.9 Å². The van der Waals surface area contributed by atoms with Gasteiger partial charge in [-0.1, -0.05) is 5.10 Å². The van der Waals surface area contributed by atoms with Gasteiger partial charge in [-0.2, -0.15) is 0 Å². The first-order valence-electron chi connectivity index (χ1n) is 3.84. The first kappa shape index (κ1) is 7.55. The smallest absolute Gasteiger partial charge is 0.139 e. The summed E-state index contributed by atoms with van der Waals surface area (Å²) >= 11 is 1.78. The molecule has 0 unspecified atom stereocenters. The van der Waals surface area contributed by atoms with Gasteiger partial charge >= 0.3 is 4.34 Å². The number of aromatic nitrogens is 2. The van der Waals surface area contributed by atoms with Gasteiger partial charge in [0.1, 0.15) is 16.5 Å². The molecule has 2 heterocycles. The molecule has 4 heteroatoms. The third-order valence-electron chi connectivity index (χ3n) is 1.79. The highest BCUT2D eigenvalue weighted by Gasteiger charge is 2.30. The first-order valence-corrected chi connectivity index (χ1v) is 6.22. The van der Waals surface area contributed by atoms with Gasteiger partial charge in [-0.3, -0.25) is 0 Å². The van der Waals surface area contributed by atoms with Gasteiger partial charge in [0.05, 0.1) is 10.9 Å². The molecule has 1 fully saturated rings. The summed E-state index contributed by atoms with van der Waals surface area (Å²) in [5, 5.41) is 9.33. The van der Waals surface area contributed by atoms with Crippen molar-refractivity contribution >= 4 is 22.2 Å². The summed E-state index contributed by atoms with van der Waals surface area (Å²) in [6.45, 7) is 2.03. The third-order valence-corrected chi connectivity index (χ3v) is 5.51. The zero-order valence-corrected chi connectivity index (χ0v) is 8.17. The van der Waals surface area contributed by atoms with Crippen molar-refractivity contribution in [1.29, 1.82) is 0 Å². The average molecular weight is 187 g/mol. The van der Waals surface area contributed by atoms with Gasteiger partial charge in [-0.15, -0.1) is 5.10 Å². The number of aryl methyl sites for hydroxylation is 1. The SMILES string of the molecule is Cc1nnc([S+]2CCCC2)s1.